The van der Waals surface area contributed by atoms with Gasteiger partial charge >= 0.3 is 0 Å². The van der Waals surface area contributed by atoms with Crippen LogP contribution in [-0.2, 0) is 0 Å². The summed E-state index contributed by atoms with van der Waals surface area (Å²) < 4.78 is 26.8. The van der Waals surface area contributed by atoms with Gasteiger partial charge in [-0.25, -0.2) is 8.78 Å². The molecule has 0 aliphatic heterocycles. The van der Waals surface area contributed by atoms with E-state index in [0.717, 1.165) is 22.2 Å². The van der Waals surface area contributed by atoms with Crippen molar-refractivity contribution in [2.75, 3.05) is 0 Å². The van der Waals surface area contributed by atoms with Crippen LogP contribution in [0, 0.1) is 11.6 Å². The number of hydrogen-bond donors (Lipinski definition) is 1. The van der Waals surface area contributed by atoms with Crippen molar-refractivity contribution in [2.45, 2.75) is 13.0 Å². The molecule has 0 bridgehead atoms. The lowest BCUT2D eigenvalue weighted by Gasteiger charge is -2.14. The molecule has 0 aromatic heterocycles. The molecule has 2 aromatic carbocycles. The van der Waals surface area contributed by atoms with Gasteiger partial charge in [-0.15, -0.1) is 0 Å². The normalized spacial score (nSPS) is 12.0. The second-order valence-electron chi connectivity index (χ2n) is 4.38. The monoisotopic (exact) mass is 339 g/mol. The topological polar surface area (TPSA) is 29.1 Å². The van der Waals surface area contributed by atoms with Crippen LogP contribution in [0.5, 0.6) is 0 Å². The van der Waals surface area contributed by atoms with Crippen molar-refractivity contribution in [3.8, 4) is 0 Å². The molecule has 1 atom stereocenters. The van der Waals surface area contributed by atoms with Crippen LogP contribution in [0.2, 0.25) is 0 Å². The average molecular weight is 340 g/mol. The van der Waals surface area contributed by atoms with Crippen molar-refractivity contribution in [1.29, 1.82) is 0 Å². The van der Waals surface area contributed by atoms with Crippen LogP contribution in [0.1, 0.15) is 28.9 Å². The van der Waals surface area contributed by atoms with Gasteiger partial charge in [0.05, 0.1) is 6.04 Å². The molecular formula is C15H12BrF2NO. The molecule has 1 N–H and O–H groups in total. The standard InChI is InChI=1S/C15H12BrF2NO/c1-9(10-3-2-4-12(16)7-10)19-15(20)11-5-6-13(17)14(18)8-11/h2-9H,1H3,(H,19,20)/t9-/m1/s1. The molecule has 2 aromatic rings. The zero-order chi connectivity index (χ0) is 14.7. The number of rotatable bonds is 3. The van der Waals surface area contributed by atoms with Gasteiger partial charge in [0.2, 0.25) is 0 Å². The first-order valence-corrected chi connectivity index (χ1v) is 6.78. The zero-order valence-corrected chi connectivity index (χ0v) is 12.2. The highest BCUT2D eigenvalue weighted by Crippen LogP contribution is 2.18. The SMILES string of the molecule is C[C@@H](NC(=O)c1ccc(F)c(F)c1)c1cccc(Br)c1. The molecule has 0 saturated heterocycles. The summed E-state index contributed by atoms with van der Waals surface area (Å²) >= 11 is 3.36. The summed E-state index contributed by atoms with van der Waals surface area (Å²) in [5.74, 6) is -2.45. The number of carbonyl (C=O) groups excluding carboxylic acids is 1. The van der Waals surface area contributed by atoms with Crippen molar-refractivity contribution in [2.24, 2.45) is 0 Å². The summed E-state index contributed by atoms with van der Waals surface area (Å²) in [7, 11) is 0. The lowest BCUT2D eigenvalue weighted by molar-refractivity contribution is 0.0939. The van der Waals surface area contributed by atoms with Gasteiger partial charge in [0, 0.05) is 10.0 Å². The predicted octanol–water partition coefficient (Wildman–Crippen LogP) is 4.22. The molecule has 0 saturated carbocycles. The summed E-state index contributed by atoms with van der Waals surface area (Å²) in [4.78, 5) is 12.0. The quantitative estimate of drug-likeness (QED) is 0.891. The molecule has 0 aliphatic rings. The Balaban J connectivity index is 2.13. The first kappa shape index (κ1) is 14.7. The fourth-order valence-corrected chi connectivity index (χ4v) is 2.19. The minimum atomic E-state index is -1.03. The smallest absolute Gasteiger partial charge is 0.251 e. The third kappa shape index (κ3) is 3.42. The van der Waals surface area contributed by atoms with Gasteiger partial charge in [0.1, 0.15) is 0 Å². The van der Waals surface area contributed by atoms with E-state index >= 15 is 0 Å². The zero-order valence-electron chi connectivity index (χ0n) is 10.7. The minimum Gasteiger partial charge on any atom is -0.346 e. The predicted molar refractivity (Wildman–Crippen MR) is 76.4 cm³/mol. The molecule has 0 unspecified atom stereocenters. The first-order chi connectivity index (χ1) is 9.47. The number of nitrogens with one attached hydrogen (secondary N) is 1. The molecule has 104 valence electrons. The third-order valence-corrected chi connectivity index (χ3v) is 3.37. The van der Waals surface area contributed by atoms with Crippen LogP contribution in [0.4, 0.5) is 8.78 Å². The Morgan fingerprint density at radius 3 is 2.55 bits per heavy atom. The van der Waals surface area contributed by atoms with Crippen molar-refractivity contribution < 1.29 is 13.6 Å². The molecule has 0 aliphatic carbocycles. The molecule has 0 radical (unpaired) electrons. The summed E-state index contributed by atoms with van der Waals surface area (Å²) in [6.07, 6.45) is 0. The van der Waals surface area contributed by atoms with Crippen molar-refractivity contribution >= 4 is 21.8 Å². The van der Waals surface area contributed by atoms with Gasteiger partial charge in [0.25, 0.3) is 5.91 Å². The molecule has 20 heavy (non-hydrogen) atoms. The molecule has 2 rings (SSSR count). The van der Waals surface area contributed by atoms with Crippen LogP contribution in [-0.4, -0.2) is 5.91 Å². The largest absolute Gasteiger partial charge is 0.346 e. The Labute approximate surface area is 123 Å². The molecule has 0 fully saturated rings. The number of amides is 1. The van der Waals surface area contributed by atoms with Gasteiger partial charge in [0.15, 0.2) is 11.6 Å². The molecule has 1 amide bonds. The molecule has 2 nitrogen and oxygen atoms in total. The molecule has 5 heteroatoms. The van der Waals surface area contributed by atoms with Gasteiger partial charge in [-0.3, -0.25) is 4.79 Å². The van der Waals surface area contributed by atoms with E-state index in [-0.39, 0.29) is 11.6 Å². The Hall–Kier alpha value is -1.75. The maximum absolute atomic E-state index is 13.1. The summed E-state index contributed by atoms with van der Waals surface area (Å²) in [5.41, 5.74) is 1.00. The highest BCUT2D eigenvalue weighted by Gasteiger charge is 2.13. The van der Waals surface area contributed by atoms with Crippen molar-refractivity contribution in [1.82, 2.24) is 5.32 Å². The molecule has 0 heterocycles. The Kier molecular flexibility index (Phi) is 4.49. The number of carbonyl (C=O) groups is 1. The highest BCUT2D eigenvalue weighted by molar-refractivity contribution is 9.10. The third-order valence-electron chi connectivity index (χ3n) is 2.88. The number of benzene rings is 2. The van der Waals surface area contributed by atoms with Crippen LogP contribution in [0.3, 0.4) is 0 Å². The van der Waals surface area contributed by atoms with Crippen molar-refractivity contribution in [3.05, 3.63) is 69.7 Å². The van der Waals surface area contributed by atoms with E-state index < -0.39 is 17.5 Å². The Morgan fingerprint density at radius 1 is 1.15 bits per heavy atom. The van der Waals surface area contributed by atoms with Crippen LogP contribution >= 0.6 is 15.9 Å². The average Bonchev–Trinajstić information content (AvgIpc) is 2.41. The second-order valence-corrected chi connectivity index (χ2v) is 5.29. The minimum absolute atomic E-state index is 0.0887. The fraction of sp³-hybridized carbons (Fsp3) is 0.133. The van der Waals surface area contributed by atoms with Crippen LogP contribution < -0.4 is 5.32 Å². The van der Waals surface area contributed by atoms with E-state index in [1.54, 1.807) is 0 Å². The van der Waals surface area contributed by atoms with E-state index in [1.165, 1.54) is 6.07 Å². The number of halogens is 3. The van der Waals surface area contributed by atoms with E-state index in [1.807, 2.05) is 31.2 Å². The fourth-order valence-electron chi connectivity index (χ4n) is 1.78. The highest BCUT2D eigenvalue weighted by atomic mass is 79.9. The van der Waals surface area contributed by atoms with E-state index in [4.69, 9.17) is 0 Å². The Morgan fingerprint density at radius 2 is 1.90 bits per heavy atom. The second kappa shape index (κ2) is 6.13. The maximum Gasteiger partial charge on any atom is 0.251 e. The number of hydrogen-bond acceptors (Lipinski definition) is 1. The van der Waals surface area contributed by atoms with Crippen LogP contribution in [0.15, 0.2) is 46.9 Å². The summed E-state index contributed by atoms with van der Waals surface area (Å²) in [6.45, 7) is 1.82. The molecular weight excluding hydrogens is 328 g/mol. The summed E-state index contributed by atoms with van der Waals surface area (Å²) in [5, 5.41) is 2.74. The summed E-state index contributed by atoms with van der Waals surface area (Å²) in [6, 6.07) is 10.3. The van der Waals surface area contributed by atoms with Gasteiger partial charge < -0.3 is 5.32 Å². The lowest BCUT2D eigenvalue weighted by atomic mass is 10.1. The van der Waals surface area contributed by atoms with E-state index in [2.05, 4.69) is 21.2 Å². The van der Waals surface area contributed by atoms with Gasteiger partial charge in [-0.05, 0) is 42.8 Å². The van der Waals surface area contributed by atoms with E-state index in [9.17, 15) is 13.6 Å². The lowest BCUT2D eigenvalue weighted by Crippen LogP contribution is -2.26. The Bertz CT molecular complexity index is 646. The first-order valence-electron chi connectivity index (χ1n) is 5.99. The van der Waals surface area contributed by atoms with Gasteiger partial charge in [-0.2, -0.15) is 0 Å². The van der Waals surface area contributed by atoms with E-state index in [0.29, 0.717) is 0 Å². The van der Waals surface area contributed by atoms with Gasteiger partial charge in [-0.1, -0.05) is 28.1 Å². The van der Waals surface area contributed by atoms with Crippen LogP contribution in [0.25, 0.3) is 0 Å². The molecule has 0 spiro atoms. The van der Waals surface area contributed by atoms with Crippen molar-refractivity contribution in [3.63, 3.8) is 0 Å². The maximum atomic E-state index is 13.1.